The van der Waals surface area contributed by atoms with Gasteiger partial charge in [-0.15, -0.1) is 0 Å². The molecule has 0 radical (unpaired) electrons. The molecule has 0 amide bonds. The molecular formula is C16H19BrN4O. The second kappa shape index (κ2) is 7.07. The Morgan fingerprint density at radius 2 is 2.09 bits per heavy atom. The highest BCUT2D eigenvalue weighted by Gasteiger charge is 2.26. The zero-order valence-corrected chi connectivity index (χ0v) is 13.8. The van der Waals surface area contributed by atoms with Gasteiger partial charge in [-0.1, -0.05) is 22.0 Å². The average molecular weight is 363 g/mol. The van der Waals surface area contributed by atoms with E-state index in [-0.39, 0.29) is 6.61 Å². The highest BCUT2D eigenvalue weighted by Crippen LogP contribution is 2.40. The SMILES string of the molecule is OCCCNc1nc(Nc2cccc(Br)c2)cc(C2CC2)n1. The predicted octanol–water partition coefficient (Wildman–Crippen LogP) is 3.65. The fourth-order valence-electron chi connectivity index (χ4n) is 2.19. The molecule has 6 heteroatoms. The summed E-state index contributed by atoms with van der Waals surface area (Å²) >= 11 is 3.47. The van der Waals surface area contributed by atoms with Crippen molar-refractivity contribution in [3.05, 3.63) is 40.5 Å². The van der Waals surface area contributed by atoms with Gasteiger partial charge in [-0.25, -0.2) is 4.98 Å². The van der Waals surface area contributed by atoms with Crippen LogP contribution in [-0.4, -0.2) is 28.2 Å². The number of aliphatic hydroxyl groups is 1. The first kappa shape index (κ1) is 15.2. The van der Waals surface area contributed by atoms with Crippen LogP contribution in [0.4, 0.5) is 17.5 Å². The first-order valence-corrected chi connectivity index (χ1v) is 8.30. The number of anilines is 3. The van der Waals surface area contributed by atoms with Crippen molar-refractivity contribution in [2.24, 2.45) is 0 Å². The normalized spacial score (nSPS) is 13.9. The molecule has 0 spiro atoms. The van der Waals surface area contributed by atoms with Gasteiger partial charge in [0.2, 0.25) is 5.95 Å². The third kappa shape index (κ3) is 4.18. The van der Waals surface area contributed by atoms with E-state index >= 15 is 0 Å². The lowest BCUT2D eigenvalue weighted by Gasteiger charge is -2.11. The van der Waals surface area contributed by atoms with Crippen LogP contribution in [0.15, 0.2) is 34.8 Å². The van der Waals surface area contributed by atoms with Crippen molar-refractivity contribution in [3.8, 4) is 0 Å². The Bertz CT molecular complexity index is 646. The number of benzene rings is 1. The van der Waals surface area contributed by atoms with Gasteiger partial charge < -0.3 is 15.7 Å². The van der Waals surface area contributed by atoms with E-state index in [4.69, 9.17) is 5.11 Å². The maximum absolute atomic E-state index is 8.87. The molecule has 3 rings (SSSR count). The fourth-order valence-corrected chi connectivity index (χ4v) is 2.59. The Balaban J connectivity index is 1.79. The lowest BCUT2D eigenvalue weighted by atomic mass is 10.2. The average Bonchev–Trinajstić information content (AvgIpc) is 3.32. The molecule has 0 atom stereocenters. The van der Waals surface area contributed by atoms with Gasteiger partial charge in [0.05, 0.1) is 5.69 Å². The van der Waals surface area contributed by atoms with Gasteiger partial charge in [-0.3, -0.25) is 0 Å². The largest absolute Gasteiger partial charge is 0.396 e. The molecule has 2 aromatic rings. The molecule has 1 aromatic carbocycles. The minimum Gasteiger partial charge on any atom is -0.396 e. The van der Waals surface area contributed by atoms with Gasteiger partial charge in [-0.05, 0) is 37.5 Å². The van der Waals surface area contributed by atoms with Crippen LogP contribution in [-0.2, 0) is 0 Å². The molecule has 22 heavy (non-hydrogen) atoms. The molecule has 3 N–H and O–H groups in total. The van der Waals surface area contributed by atoms with E-state index < -0.39 is 0 Å². The van der Waals surface area contributed by atoms with Crippen molar-refractivity contribution in [2.45, 2.75) is 25.2 Å². The number of aromatic nitrogens is 2. The Kier molecular flexibility index (Phi) is 4.90. The number of rotatable bonds is 7. The molecule has 1 heterocycles. The summed E-state index contributed by atoms with van der Waals surface area (Å²) in [4.78, 5) is 9.08. The van der Waals surface area contributed by atoms with Crippen LogP contribution in [0.2, 0.25) is 0 Å². The second-order valence-corrected chi connectivity index (χ2v) is 6.33. The standard InChI is InChI=1S/C16H19BrN4O/c17-12-3-1-4-13(9-12)19-15-10-14(11-5-6-11)20-16(21-15)18-7-2-8-22/h1,3-4,9-11,22H,2,5-8H2,(H2,18,19,20,21). The van der Waals surface area contributed by atoms with E-state index in [1.165, 1.54) is 12.8 Å². The maximum atomic E-state index is 8.87. The van der Waals surface area contributed by atoms with E-state index in [2.05, 4.69) is 36.5 Å². The quantitative estimate of drug-likeness (QED) is 0.655. The van der Waals surface area contributed by atoms with Crippen LogP contribution in [0, 0.1) is 0 Å². The van der Waals surface area contributed by atoms with Crippen LogP contribution in [0.25, 0.3) is 0 Å². The number of halogens is 1. The summed E-state index contributed by atoms with van der Waals surface area (Å²) < 4.78 is 1.02. The van der Waals surface area contributed by atoms with Gasteiger partial charge >= 0.3 is 0 Å². The molecule has 0 aliphatic heterocycles. The van der Waals surface area contributed by atoms with Crippen LogP contribution < -0.4 is 10.6 Å². The number of aliphatic hydroxyl groups excluding tert-OH is 1. The van der Waals surface area contributed by atoms with Crippen molar-refractivity contribution in [1.82, 2.24) is 9.97 Å². The Morgan fingerprint density at radius 3 is 2.82 bits per heavy atom. The van der Waals surface area contributed by atoms with Crippen molar-refractivity contribution < 1.29 is 5.11 Å². The van der Waals surface area contributed by atoms with E-state index in [9.17, 15) is 0 Å². The van der Waals surface area contributed by atoms with E-state index in [1.54, 1.807) is 0 Å². The van der Waals surface area contributed by atoms with Gasteiger partial charge in [0.1, 0.15) is 5.82 Å². The highest BCUT2D eigenvalue weighted by atomic mass is 79.9. The van der Waals surface area contributed by atoms with Crippen LogP contribution in [0.3, 0.4) is 0 Å². The lowest BCUT2D eigenvalue weighted by Crippen LogP contribution is -2.09. The van der Waals surface area contributed by atoms with Gasteiger partial charge in [-0.2, -0.15) is 4.98 Å². The minimum atomic E-state index is 0.165. The third-order valence-electron chi connectivity index (χ3n) is 3.46. The van der Waals surface area contributed by atoms with E-state index in [0.717, 1.165) is 21.7 Å². The van der Waals surface area contributed by atoms with Crippen LogP contribution >= 0.6 is 15.9 Å². The molecule has 0 unspecified atom stereocenters. The Morgan fingerprint density at radius 1 is 1.23 bits per heavy atom. The third-order valence-corrected chi connectivity index (χ3v) is 3.95. The van der Waals surface area contributed by atoms with Crippen molar-refractivity contribution >= 4 is 33.4 Å². The fraction of sp³-hybridized carbons (Fsp3) is 0.375. The van der Waals surface area contributed by atoms with Gasteiger partial charge in [0.25, 0.3) is 0 Å². The lowest BCUT2D eigenvalue weighted by molar-refractivity contribution is 0.292. The molecule has 1 aliphatic rings. The topological polar surface area (TPSA) is 70.1 Å². The van der Waals surface area contributed by atoms with E-state index in [1.807, 2.05) is 30.3 Å². The summed E-state index contributed by atoms with van der Waals surface area (Å²) in [6.07, 6.45) is 3.08. The number of nitrogens with zero attached hydrogens (tertiary/aromatic N) is 2. The molecular weight excluding hydrogens is 344 g/mol. The molecule has 5 nitrogen and oxygen atoms in total. The van der Waals surface area contributed by atoms with E-state index in [0.29, 0.717) is 24.8 Å². The molecule has 0 saturated heterocycles. The highest BCUT2D eigenvalue weighted by molar-refractivity contribution is 9.10. The first-order valence-electron chi connectivity index (χ1n) is 7.51. The Labute approximate surface area is 138 Å². The summed E-state index contributed by atoms with van der Waals surface area (Å²) in [5.41, 5.74) is 2.06. The monoisotopic (exact) mass is 362 g/mol. The van der Waals surface area contributed by atoms with Gasteiger partial charge in [0, 0.05) is 35.3 Å². The molecule has 1 aromatic heterocycles. The summed E-state index contributed by atoms with van der Waals surface area (Å²) in [6.45, 7) is 0.833. The zero-order chi connectivity index (χ0) is 15.4. The summed E-state index contributed by atoms with van der Waals surface area (Å²) in [6, 6.07) is 10.0. The number of hydrogen-bond acceptors (Lipinski definition) is 5. The molecule has 1 aliphatic carbocycles. The van der Waals surface area contributed by atoms with Crippen LogP contribution in [0.5, 0.6) is 0 Å². The molecule has 1 saturated carbocycles. The van der Waals surface area contributed by atoms with Crippen LogP contribution in [0.1, 0.15) is 30.9 Å². The van der Waals surface area contributed by atoms with Gasteiger partial charge in [0.15, 0.2) is 0 Å². The van der Waals surface area contributed by atoms with Crippen molar-refractivity contribution in [3.63, 3.8) is 0 Å². The minimum absolute atomic E-state index is 0.165. The summed E-state index contributed by atoms with van der Waals surface area (Å²) in [7, 11) is 0. The smallest absolute Gasteiger partial charge is 0.224 e. The second-order valence-electron chi connectivity index (χ2n) is 5.42. The molecule has 1 fully saturated rings. The number of hydrogen-bond donors (Lipinski definition) is 3. The first-order chi connectivity index (χ1) is 10.7. The van der Waals surface area contributed by atoms with Crippen molar-refractivity contribution in [1.29, 1.82) is 0 Å². The molecule has 116 valence electrons. The molecule has 0 bridgehead atoms. The maximum Gasteiger partial charge on any atom is 0.224 e. The predicted molar refractivity (Wildman–Crippen MR) is 91.6 cm³/mol. The summed E-state index contributed by atoms with van der Waals surface area (Å²) in [5.74, 6) is 1.97. The summed E-state index contributed by atoms with van der Waals surface area (Å²) in [5, 5.41) is 15.4. The van der Waals surface area contributed by atoms with Crippen molar-refractivity contribution in [2.75, 3.05) is 23.8 Å². The number of nitrogens with one attached hydrogen (secondary N) is 2. The zero-order valence-electron chi connectivity index (χ0n) is 12.2. The Hall–Kier alpha value is -1.66.